The Morgan fingerprint density at radius 2 is 0.921 bits per heavy atom. The van der Waals surface area contributed by atoms with Gasteiger partial charge in [-0.3, -0.25) is 18.6 Å². The Labute approximate surface area is 382 Å². The molecule has 2 unspecified atom stereocenters. The van der Waals surface area contributed by atoms with Gasteiger partial charge in [0, 0.05) is 19.4 Å². The summed E-state index contributed by atoms with van der Waals surface area (Å²) in [7, 11) is -4.45. The molecule has 0 fully saturated rings. The second kappa shape index (κ2) is 47.6. The van der Waals surface area contributed by atoms with Crippen LogP contribution in [0.15, 0.2) is 134 Å². The molecule has 63 heavy (non-hydrogen) atoms. The maximum absolute atomic E-state index is 12.1. The number of carbonyl (C=O) groups excluding carboxylic acids is 2. The molecule has 0 saturated carbocycles. The fourth-order valence-corrected chi connectivity index (χ4v) is 6.28. The molecule has 3 N–H and O–H groups in total. The molecule has 0 bridgehead atoms. The zero-order valence-corrected chi connectivity index (χ0v) is 39.8. The molecule has 0 aliphatic heterocycles. The lowest BCUT2D eigenvalue weighted by Gasteiger charge is -2.15. The first-order valence-corrected chi connectivity index (χ1v) is 25.2. The van der Waals surface area contributed by atoms with Gasteiger partial charge in [0.1, 0.15) is 12.7 Å². The van der Waals surface area contributed by atoms with Gasteiger partial charge in [0.15, 0.2) is 0 Å². The predicted octanol–water partition coefficient (Wildman–Crippen LogP) is 13.9. The molecule has 9 nitrogen and oxygen atoms in total. The molecule has 0 saturated heterocycles. The van der Waals surface area contributed by atoms with Gasteiger partial charge in [-0.1, -0.05) is 167 Å². The molecule has 10 heteroatoms. The quantitative estimate of drug-likeness (QED) is 0.0239. The van der Waals surface area contributed by atoms with Crippen LogP contribution in [0, 0.1) is 0 Å². The highest BCUT2D eigenvalue weighted by Crippen LogP contribution is 2.42. The molecule has 354 valence electrons. The number of allylic oxidation sites excluding steroid dienone is 22. The molecule has 0 aromatic carbocycles. The van der Waals surface area contributed by atoms with Crippen LogP contribution in [-0.2, 0) is 27.9 Å². The molecule has 0 aliphatic carbocycles. The smallest absolute Gasteiger partial charge is 0.463 e. The number of hydrogen-bond donors (Lipinski definition) is 3. The lowest BCUT2D eigenvalue weighted by molar-refractivity contribution is -0.147. The minimum atomic E-state index is -4.45. The highest BCUT2D eigenvalue weighted by atomic mass is 31.2. The normalized spacial score (nSPS) is 14.4. The van der Waals surface area contributed by atoms with Crippen LogP contribution in [0.5, 0.6) is 0 Å². The van der Waals surface area contributed by atoms with Crippen molar-refractivity contribution in [2.45, 2.75) is 161 Å². The number of amides is 1. The Kier molecular flexibility index (Phi) is 44.7. The molecule has 0 aromatic rings. The van der Waals surface area contributed by atoms with Crippen LogP contribution < -0.4 is 5.32 Å². The standard InChI is InChI=1S/C53H84NO8P/c1-3-5-7-9-11-13-15-17-19-21-23-24-25-26-28-30-32-34-36-38-40-42-44-46-53(57)60-49-51(55)50-62-63(58,59)61-48-47-54-52(56)45-43-41-39-37-35-33-31-29-27-22-20-18-16-14-12-10-8-6-4-2/h5,7,11-14,17-20,23-24,26-29,32-35,38,40,51,55H,3-4,6,8-10,15-16,21-22,25,30-31,36-37,39,41-50H2,1-2H3,(H,54,56)(H,58,59)/b7-5-,13-11-,14-12-,19-17-,20-18-,24-23-,28-26-,29-27-,34-32-,35-33-,40-38-. The van der Waals surface area contributed by atoms with E-state index in [4.69, 9.17) is 13.8 Å². The van der Waals surface area contributed by atoms with Gasteiger partial charge < -0.3 is 20.1 Å². The Morgan fingerprint density at radius 3 is 1.37 bits per heavy atom. The van der Waals surface area contributed by atoms with Crippen LogP contribution in [0.25, 0.3) is 0 Å². The van der Waals surface area contributed by atoms with Crippen LogP contribution in [-0.4, -0.2) is 54.3 Å². The van der Waals surface area contributed by atoms with Crippen molar-refractivity contribution in [2.75, 3.05) is 26.4 Å². The first-order chi connectivity index (χ1) is 30.8. The molecule has 0 heterocycles. The summed E-state index contributed by atoms with van der Waals surface area (Å²) >= 11 is 0. The van der Waals surface area contributed by atoms with Crippen LogP contribution >= 0.6 is 7.82 Å². The zero-order chi connectivity index (χ0) is 46.0. The van der Waals surface area contributed by atoms with E-state index in [-0.39, 0.29) is 32.1 Å². The van der Waals surface area contributed by atoms with Crippen LogP contribution in [0.4, 0.5) is 0 Å². The summed E-state index contributed by atoms with van der Waals surface area (Å²) in [6.45, 7) is 3.28. The third-order valence-electron chi connectivity index (χ3n) is 9.06. The van der Waals surface area contributed by atoms with Crippen molar-refractivity contribution in [1.82, 2.24) is 5.32 Å². The second-order valence-corrected chi connectivity index (χ2v) is 16.4. The van der Waals surface area contributed by atoms with Gasteiger partial charge in [0.2, 0.25) is 5.91 Å². The second-order valence-electron chi connectivity index (χ2n) is 15.0. The molecule has 0 aliphatic rings. The van der Waals surface area contributed by atoms with Crippen molar-refractivity contribution in [1.29, 1.82) is 0 Å². The maximum Gasteiger partial charge on any atom is 0.472 e. The number of phosphoric acid groups is 1. The van der Waals surface area contributed by atoms with Gasteiger partial charge in [-0.05, 0) is 109 Å². The number of nitrogens with one attached hydrogen (secondary N) is 1. The molecule has 2 atom stereocenters. The third kappa shape index (κ3) is 49.0. The number of unbranched alkanes of at least 4 members (excludes halogenated alkanes) is 7. The van der Waals surface area contributed by atoms with Crippen molar-refractivity contribution in [3.63, 3.8) is 0 Å². The number of carbonyl (C=O) groups is 2. The lowest BCUT2D eigenvalue weighted by atomic mass is 10.1. The number of esters is 1. The molecule has 1 amide bonds. The summed E-state index contributed by atoms with van der Waals surface area (Å²) in [5.74, 6) is -0.621. The molecule has 0 radical (unpaired) electrons. The average Bonchev–Trinajstić information content (AvgIpc) is 3.27. The number of hydrogen-bond acceptors (Lipinski definition) is 7. The molecule has 0 aromatic heterocycles. The van der Waals surface area contributed by atoms with Gasteiger partial charge in [-0.15, -0.1) is 0 Å². The Balaban J connectivity index is 3.77. The molecular weight excluding hydrogens is 810 g/mol. The van der Waals surface area contributed by atoms with E-state index < -0.39 is 26.5 Å². The predicted molar refractivity (Wildman–Crippen MR) is 265 cm³/mol. The Bertz CT molecular complexity index is 1480. The van der Waals surface area contributed by atoms with Crippen molar-refractivity contribution >= 4 is 19.7 Å². The Hall–Kier alpha value is -3.85. The topological polar surface area (TPSA) is 131 Å². The molecule has 0 spiro atoms. The molecular formula is C53H84NO8P. The number of rotatable bonds is 42. The fourth-order valence-electron chi connectivity index (χ4n) is 5.53. The van der Waals surface area contributed by atoms with Crippen molar-refractivity contribution < 1.29 is 37.9 Å². The van der Waals surface area contributed by atoms with Crippen LogP contribution in [0.1, 0.15) is 155 Å². The summed E-state index contributed by atoms with van der Waals surface area (Å²) in [4.78, 5) is 34.0. The summed E-state index contributed by atoms with van der Waals surface area (Å²) in [6.07, 6.45) is 66.7. The monoisotopic (exact) mass is 894 g/mol. The van der Waals surface area contributed by atoms with Crippen LogP contribution in [0.3, 0.4) is 0 Å². The highest BCUT2D eigenvalue weighted by molar-refractivity contribution is 7.47. The van der Waals surface area contributed by atoms with Crippen molar-refractivity contribution in [2.24, 2.45) is 0 Å². The van der Waals surface area contributed by atoms with E-state index in [0.717, 1.165) is 96.3 Å². The minimum Gasteiger partial charge on any atom is -0.463 e. The van der Waals surface area contributed by atoms with E-state index >= 15 is 0 Å². The van der Waals surface area contributed by atoms with Crippen molar-refractivity contribution in [3.8, 4) is 0 Å². The van der Waals surface area contributed by atoms with E-state index in [0.29, 0.717) is 12.8 Å². The van der Waals surface area contributed by atoms with Crippen LogP contribution in [0.2, 0.25) is 0 Å². The number of ether oxygens (including phenoxy) is 1. The average molecular weight is 894 g/mol. The van der Waals surface area contributed by atoms with Gasteiger partial charge in [-0.25, -0.2) is 4.57 Å². The van der Waals surface area contributed by atoms with Crippen molar-refractivity contribution in [3.05, 3.63) is 134 Å². The van der Waals surface area contributed by atoms with Gasteiger partial charge in [0.05, 0.1) is 13.2 Å². The largest absolute Gasteiger partial charge is 0.472 e. The number of aliphatic hydroxyl groups is 1. The third-order valence-corrected chi connectivity index (χ3v) is 10.0. The number of aliphatic hydroxyl groups excluding tert-OH is 1. The van der Waals surface area contributed by atoms with E-state index in [1.165, 1.54) is 25.7 Å². The summed E-state index contributed by atoms with van der Waals surface area (Å²) in [5.41, 5.74) is 0. The summed E-state index contributed by atoms with van der Waals surface area (Å²) < 4.78 is 26.9. The maximum atomic E-state index is 12.1. The first-order valence-electron chi connectivity index (χ1n) is 23.7. The zero-order valence-electron chi connectivity index (χ0n) is 39.0. The SMILES string of the molecule is CC/C=C\C/C=C\C/C=C\C/C=C\C/C=C\C/C=C\C/C=C\CCCC(=O)OCC(O)COP(=O)(O)OCCNC(=O)CCCCC/C=C\C/C=C\C/C=C\C/C=C\CCCCC. The van der Waals surface area contributed by atoms with E-state index in [9.17, 15) is 24.2 Å². The lowest BCUT2D eigenvalue weighted by Crippen LogP contribution is -2.27. The summed E-state index contributed by atoms with van der Waals surface area (Å²) in [6, 6.07) is 0. The summed E-state index contributed by atoms with van der Waals surface area (Å²) in [5, 5.41) is 12.7. The van der Waals surface area contributed by atoms with Gasteiger partial charge >= 0.3 is 13.8 Å². The van der Waals surface area contributed by atoms with E-state index in [2.05, 4.69) is 147 Å². The van der Waals surface area contributed by atoms with E-state index in [1.54, 1.807) is 0 Å². The van der Waals surface area contributed by atoms with E-state index in [1.807, 2.05) is 6.08 Å². The molecule has 0 rings (SSSR count). The fraction of sp³-hybridized carbons (Fsp3) is 0.547. The first kappa shape index (κ1) is 59.1. The Morgan fingerprint density at radius 1 is 0.508 bits per heavy atom. The van der Waals surface area contributed by atoms with Gasteiger partial charge in [0.25, 0.3) is 0 Å². The minimum absolute atomic E-state index is 0.0484. The number of phosphoric ester groups is 1. The highest BCUT2D eigenvalue weighted by Gasteiger charge is 2.23. The van der Waals surface area contributed by atoms with Gasteiger partial charge in [-0.2, -0.15) is 0 Å².